The van der Waals surface area contributed by atoms with Crippen LogP contribution in [0.2, 0.25) is 0 Å². The van der Waals surface area contributed by atoms with Crippen LogP contribution < -0.4 is 11.0 Å². The quantitative estimate of drug-likeness (QED) is 0.692. The summed E-state index contributed by atoms with van der Waals surface area (Å²) in [6.45, 7) is 5.75. The van der Waals surface area contributed by atoms with E-state index in [-0.39, 0.29) is 5.69 Å². The molecule has 0 aliphatic rings. The van der Waals surface area contributed by atoms with Gasteiger partial charge in [-0.25, -0.2) is 9.48 Å². The zero-order chi connectivity index (χ0) is 14.2. The van der Waals surface area contributed by atoms with Gasteiger partial charge in [-0.1, -0.05) is 19.4 Å². The largest absolute Gasteiger partial charge is 0.380 e. The van der Waals surface area contributed by atoms with Gasteiger partial charge in [0, 0.05) is 25.9 Å². The Labute approximate surface area is 118 Å². The van der Waals surface area contributed by atoms with Crippen molar-refractivity contribution in [3.8, 4) is 0 Å². The molecule has 2 aromatic rings. The third kappa shape index (κ3) is 3.91. The van der Waals surface area contributed by atoms with Crippen LogP contribution in [0.4, 0.5) is 0 Å². The highest BCUT2D eigenvalue weighted by Gasteiger charge is 2.04. The van der Waals surface area contributed by atoms with Crippen LogP contribution in [0.1, 0.15) is 19.8 Å². The molecule has 6 heteroatoms. The minimum atomic E-state index is -0.0957. The Kier molecular flexibility index (Phi) is 5.76. The molecule has 0 aromatic carbocycles. The summed E-state index contributed by atoms with van der Waals surface area (Å²) in [6, 6.07) is 5.53. The second kappa shape index (κ2) is 7.81. The van der Waals surface area contributed by atoms with Crippen LogP contribution in [0.25, 0.3) is 5.65 Å². The molecule has 0 atom stereocenters. The van der Waals surface area contributed by atoms with Crippen LogP contribution in [-0.2, 0) is 11.3 Å². The van der Waals surface area contributed by atoms with E-state index in [9.17, 15) is 4.79 Å². The zero-order valence-corrected chi connectivity index (χ0v) is 11.9. The number of hydrogen-bond donors (Lipinski definition) is 1. The van der Waals surface area contributed by atoms with Gasteiger partial charge in [0.2, 0.25) is 0 Å². The number of nitrogens with one attached hydrogen (secondary N) is 1. The highest BCUT2D eigenvalue weighted by Crippen LogP contribution is 1.94. The molecule has 2 aromatic heterocycles. The number of aromatic nitrogens is 3. The lowest BCUT2D eigenvalue weighted by Gasteiger charge is -2.05. The first kappa shape index (κ1) is 14.7. The van der Waals surface area contributed by atoms with Crippen LogP contribution in [0.5, 0.6) is 0 Å². The minimum absolute atomic E-state index is 0.0957. The summed E-state index contributed by atoms with van der Waals surface area (Å²) < 4.78 is 8.48. The van der Waals surface area contributed by atoms with E-state index in [1.165, 1.54) is 4.68 Å². The van der Waals surface area contributed by atoms with Gasteiger partial charge in [-0.2, -0.15) is 0 Å². The van der Waals surface area contributed by atoms with Crippen molar-refractivity contribution < 1.29 is 4.74 Å². The molecule has 0 unspecified atom stereocenters. The number of unbranched alkanes of at least 4 members (excludes halogenated alkanes) is 1. The van der Waals surface area contributed by atoms with Crippen LogP contribution in [0.3, 0.4) is 0 Å². The number of ether oxygens (including phenoxy) is 1. The third-order valence-electron chi connectivity index (χ3n) is 3.05. The molecule has 0 fully saturated rings. The molecule has 0 aliphatic heterocycles. The summed E-state index contributed by atoms with van der Waals surface area (Å²) in [4.78, 5) is 12.0. The lowest BCUT2D eigenvalue weighted by Crippen LogP contribution is -2.29. The summed E-state index contributed by atoms with van der Waals surface area (Å²) in [6.07, 6.45) is 4.00. The number of pyridine rings is 1. The van der Waals surface area contributed by atoms with Crippen molar-refractivity contribution in [3.05, 3.63) is 34.9 Å². The van der Waals surface area contributed by atoms with E-state index in [0.29, 0.717) is 25.3 Å². The molecular weight excluding hydrogens is 256 g/mol. The predicted molar refractivity (Wildman–Crippen MR) is 78.0 cm³/mol. The molecule has 0 aliphatic carbocycles. The summed E-state index contributed by atoms with van der Waals surface area (Å²) in [5.74, 6) is 0. The van der Waals surface area contributed by atoms with Gasteiger partial charge in [0.05, 0.1) is 13.2 Å². The van der Waals surface area contributed by atoms with Gasteiger partial charge >= 0.3 is 5.69 Å². The standard InChI is InChI=1S/C14H22N4O2/c1-2-3-11-20-12-8-15-7-10-18-14(19)17-9-5-4-6-13(17)16-18/h4-6,9,15H,2-3,7-8,10-12H2,1H3. The van der Waals surface area contributed by atoms with E-state index in [2.05, 4.69) is 17.3 Å². The van der Waals surface area contributed by atoms with Crippen LogP contribution >= 0.6 is 0 Å². The summed E-state index contributed by atoms with van der Waals surface area (Å²) in [5.41, 5.74) is 0.585. The Morgan fingerprint density at radius 1 is 1.30 bits per heavy atom. The van der Waals surface area contributed by atoms with E-state index in [1.54, 1.807) is 10.6 Å². The molecule has 20 heavy (non-hydrogen) atoms. The van der Waals surface area contributed by atoms with Gasteiger partial charge in [0.15, 0.2) is 5.65 Å². The predicted octanol–water partition coefficient (Wildman–Crippen LogP) is 0.902. The van der Waals surface area contributed by atoms with E-state index < -0.39 is 0 Å². The maximum absolute atomic E-state index is 12.0. The average Bonchev–Trinajstić information content (AvgIpc) is 2.79. The van der Waals surface area contributed by atoms with Crippen LogP contribution in [-0.4, -0.2) is 40.5 Å². The molecule has 0 bridgehead atoms. The second-order valence-electron chi connectivity index (χ2n) is 4.65. The molecule has 110 valence electrons. The minimum Gasteiger partial charge on any atom is -0.380 e. The van der Waals surface area contributed by atoms with Gasteiger partial charge in [-0.05, 0) is 18.6 Å². The Bertz CT molecular complexity index is 576. The summed E-state index contributed by atoms with van der Waals surface area (Å²) in [7, 11) is 0. The molecule has 6 nitrogen and oxygen atoms in total. The number of fused-ring (bicyclic) bond motifs is 1. The molecule has 0 amide bonds. The second-order valence-corrected chi connectivity index (χ2v) is 4.65. The third-order valence-corrected chi connectivity index (χ3v) is 3.05. The SMILES string of the molecule is CCCCOCCNCCn1nc2ccccn2c1=O. The monoisotopic (exact) mass is 278 g/mol. The van der Waals surface area contributed by atoms with Gasteiger partial charge in [0.1, 0.15) is 0 Å². The first-order chi connectivity index (χ1) is 9.83. The average molecular weight is 278 g/mol. The number of nitrogens with zero attached hydrogens (tertiary/aromatic N) is 3. The fourth-order valence-electron chi connectivity index (χ4n) is 1.92. The number of hydrogen-bond acceptors (Lipinski definition) is 4. The maximum Gasteiger partial charge on any atom is 0.350 e. The molecule has 0 spiro atoms. The maximum atomic E-state index is 12.0. The van der Waals surface area contributed by atoms with Crippen molar-refractivity contribution in [1.82, 2.24) is 19.5 Å². The zero-order valence-electron chi connectivity index (χ0n) is 11.9. The summed E-state index contributed by atoms with van der Waals surface area (Å²) >= 11 is 0. The topological polar surface area (TPSA) is 60.6 Å². The normalized spacial score (nSPS) is 11.2. The molecule has 1 N–H and O–H groups in total. The van der Waals surface area contributed by atoms with Crippen molar-refractivity contribution in [1.29, 1.82) is 0 Å². The van der Waals surface area contributed by atoms with Gasteiger partial charge in [-0.3, -0.25) is 4.40 Å². The Morgan fingerprint density at radius 3 is 3.00 bits per heavy atom. The Balaban J connectivity index is 1.71. The Hall–Kier alpha value is -1.66. The van der Waals surface area contributed by atoms with E-state index in [4.69, 9.17) is 4.74 Å². The fraction of sp³-hybridized carbons (Fsp3) is 0.571. The lowest BCUT2D eigenvalue weighted by molar-refractivity contribution is 0.133. The highest BCUT2D eigenvalue weighted by molar-refractivity contribution is 5.35. The van der Waals surface area contributed by atoms with Crippen molar-refractivity contribution in [2.75, 3.05) is 26.3 Å². The van der Waals surface area contributed by atoms with Crippen molar-refractivity contribution in [2.24, 2.45) is 0 Å². The van der Waals surface area contributed by atoms with Gasteiger partial charge < -0.3 is 10.1 Å². The molecular formula is C14H22N4O2. The highest BCUT2D eigenvalue weighted by atomic mass is 16.5. The molecule has 0 saturated carbocycles. The molecule has 2 rings (SSSR count). The van der Waals surface area contributed by atoms with E-state index in [0.717, 1.165) is 26.0 Å². The van der Waals surface area contributed by atoms with Crippen molar-refractivity contribution >= 4 is 5.65 Å². The lowest BCUT2D eigenvalue weighted by atomic mass is 10.4. The van der Waals surface area contributed by atoms with Crippen LogP contribution in [0, 0.1) is 0 Å². The molecule has 0 radical (unpaired) electrons. The Morgan fingerprint density at radius 2 is 2.20 bits per heavy atom. The summed E-state index contributed by atoms with van der Waals surface area (Å²) in [5, 5.41) is 7.51. The number of rotatable bonds is 9. The van der Waals surface area contributed by atoms with Crippen LogP contribution in [0.15, 0.2) is 29.2 Å². The first-order valence-corrected chi connectivity index (χ1v) is 7.15. The van der Waals surface area contributed by atoms with E-state index in [1.807, 2.05) is 18.2 Å². The smallest absolute Gasteiger partial charge is 0.350 e. The van der Waals surface area contributed by atoms with Gasteiger partial charge in [-0.15, -0.1) is 5.10 Å². The van der Waals surface area contributed by atoms with Crippen molar-refractivity contribution in [2.45, 2.75) is 26.3 Å². The van der Waals surface area contributed by atoms with Crippen molar-refractivity contribution in [3.63, 3.8) is 0 Å². The van der Waals surface area contributed by atoms with E-state index >= 15 is 0 Å². The van der Waals surface area contributed by atoms with Gasteiger partial charge in [0.25, 0.3) is 0 Å². The fourth-order valence-corrected chi connectivity index (χ4v) is 1.92. The molecule has 0 saturated heterocycles. The first-order valence-electron chi connectivity index (χ1n) is 7.15. The molecule has 2 heterocycles.